The van der Waals surface area contributed by atoms with E-state index < -0.39 is 10.2 Å². The number of nitrogens with two attached hydrogens (primary N) is 1. The molecule has 1 aliphatic carbocycles. The predicted molar refractivity (Wildman–Crippen MR) is 65.2 cm³/mol. The zero-order chi connectivity index (χ0) is 12.3. The average molecular weight is 249 g/mol. The van der Waals surface area contributed by atoms with Gasteiger partial charge in [0.05, 0.1) is 0 Å². The molecule has 1 rings (SSSR count). The Morgan fingerprint density at radius 2 is 1.94 bits per heavy atom. The first-order valence-electron chi connectivity index (χ1n) is 5.80. The van der Waals surface area contributed by atoms with Gasteiger partial charge in [0.1, 0.15) is 0 Å². The van der Waals surface area contributed by atoms with Crippen molar-refractivity contribution >= 4 is 10.2 Å². The van der Waals surface area contributed by atoms with Crippen LogP contribution in [0.4, 0.5) is 0 Å². The quantitative estimate of drug-likeness (QED) is 0.703. The fourth-order valence-electron chi connectivity index (χ4n) is 1.73. The molecule has 0 aromatic rings. The molecule has 1 saturated carbocycles. The van der Waals surface area contributed by atoms with Crippen LogP contribution in [0.5, 0.6) is 0 Å². The fraction of sp³-hybridized carbons (Fsp3) is 1.00. The molecule has 2 N–H and O–H groups in total. The molecule has 1 atom stereocenters. The summed E-state index contributed by atoms with van der Waals surface area (Å²) in [4.78, 5) is 0. The van der Waals surface area contributed by atoms with Crippen molar-refractivity contribution in [2.75, 3.05) is 27.2 Å². The molecule has 16 heavy (non-hydrogen) atoms. The molecule has 1 aliphatic rings. The number of rotatable bonds is 7. The van der Waals surface area contributed by atoms with Crippen LogP contribution in [0, 0.1) is 5.92 Å². The van der Waals surface area contributed by atoms with Crippen LogP contribution in [-0.4, -0.2) is 50.3 Å². The van der Waals surface area contributed by atoms with E-state index in [2.05, 4.69) is 0 Å². The third kappa shape index (κ3) is 3.16. The van der Waals surface area contributed by atoms with Crippen LogP contribution in [0.15, 0.2) is 0 Å². The second kappa shape index (κ2) is 5.44. The maximum absolute atomic E-state index is 12.1. The van der Waals surface area contributed by atoms with Crippen LogP contribution in [0.2, 0.25) is 0 Å². The van der Waals surface area contributed by atoms with E-state index in [-0.39, 0.29) is 6.04 Å². The number of hydrogen-bond donors (Lipinski definition) is 1. The molecular weight excluding hydrogens is 226 g/mol. The molecule has 1 unspecified atom stereocenters. The third-order valence-corrected chi connectivity index (χ3v) is 5.34. The molecule has 6 heteroatoms. The molecule has 1 fully saturated rings. The van der Waals surface area contributed by atoms with Gasteiger partial charge in [0.2, 0.25) is 0 Å². The smallest absolute Gasteiger partial charge is 0.281 e. The van der Waals surface area contributed by atoms with Gasteiger partial charge in [-0.1, -0.05) is 0 Å². The number of nitrogens with zero attached hydrogens (tertiary/aromatic N) is 2. The highest BCUT2D eigenvalue weighted by Crippen LogP contribution is 2.35. The summed E-state index contributed by atoms with van der Waals surface area (Å²) >= 11 is 0. The zero-order valence-corrected chi connectivity index (χ0v) is 11.2. The normalized spacial score (nSPS) is 19.4. The van der Waals surface area contributed by atoms with Crippen LogP contribution < -0.4 is 5.73 Å². The molecule has 0 aromatic heterocycles. The van der Waals surface area contributed by atoms with Gasteiger partial charge in [-0.15, -0.1) is 0 Å². The Hall–Kier alpha value is -0.170. The topological polar surface area (TPSA) is 66.6 Å². The van der Waals surface area contributed by atoms with Crippen LogP contribution >= 0.6 is 0 Å². The van der Waals surface area contributed by atoms with Crippen LogP contribution in [-0.2, 0) is 10.2 Å². The predicted octanol–water partition coefficient (Wildman–Crippen LogP) is 0.242. The first-order valence-corrected chi connectivity index (χ1v) is 7.20. The van der Waals surface area contributed by atoms with E-state index in [1.54, 1.807) is 14.1 Å². The van der Waals surface area contributed by atoms with Crippen molar-refractivity contribution in [3.8, 4) is 0 Å². The highest BCUT2D eigenvalue weighted by Gasteiger charge is 2.36. The van der Waals surface area contributed by atoms with Crippen molar-refractivity contribution < 1.29 is 8.42 Å². The maximum Gasteiger partial charge on any atom is 0.281 e. The monoisotopic (exact) mass is 249 g/mol. The molecule has 0 radical (unpaired) electrons. The lowest BCUT2D eigenvalue weighted by Gasteiger charge is -2.28. The van der Waals surface area contributed by atoms with Crippen molar-refractivity contribution in [2.45, 2.75) is 32.2 Å². The molecule has 5 nitrogen and oxygen atoms in total. The van der Waals surface area contributed by atoms with Gasteiger partial charge in [-0.2, -0.15) is 17.0 Å². The molecule has 0 amide bonds. The molecule has 0 aromatic carbocycles. The average Bonchev–Trinajstić information content (AvgIpc) is 3.07. The number of hydrogen-bond acceptors (Lipinski definition) is 3. The molecule has 0 aliphatic heterocycles. The largest absolute Gasteiger partial charge is 0.330 e. The zero-order valence-electron chi connectivity index (χ0n) is 10.4. The third-order valence-electron chi connectivity index (χ3n) is 3.31. The minimum atomic E-state index is -3.30. The summed E-state index contributed by atoms with van der Waals surface area (Å²) in [6, 6.07) is 0.102. The van der Waals surface area contributed by atoms with Crippen LogP contribution in [0.25, 0.3) is 0 Å². The molecule has 0 spiro atoms. The van der Waals surface area contributed by atoms with Gasteiger partial charge in [-0.3, -0.25) is 0 Å². The van der Waals surface area contributed by atoms with Crippen molar-refractivity contribution in [3.05, 3.63) is 0 Å². The lowest BCUT2D eigenvalue weighted by atomic mass is 10.2. The highest BCUT2D eigenvalue weighted by atomic mass is 32.2. The molecule has 96 valence electrons. The van der Waals surface area contributed by atoms with Gasteiger partial charge in [-0.05, 0) is 38.6 Å². The van der Waals surface area contributed by atoms with Crippen molar-refractivity contribution in [3.63, 3.8) is 0 Å². The van der Waals surface area contributed by atoms with E-state index in [1.807, 2.05) is 6.92 Å². The Labute approximate surface area is 98.8 Å². The summed E-state index contributed by atoms with van der Waals surface area (Å²) < 4.78 is 27.1. The Balaban J connectivity index is 2.60. The van der Waals surface area contributed by atoms with E-state index in [0.29, 0.717) is 25.4 Å². The van der Waals surface area contributed by atoms with Crippen LogP contribution in [0.3, 0.4) is 0 Å². The highest BCUT2D eigenvalue weighted by molar-refractivity contribution is 7.86. The summed E-state index contributed by atoms with van der Waals surface area (Å²) in [6.07, 6.45) is 2.99. The van der Waals surface area contributed by atoms with Gasteiger partial charge < -0.3 is 5.73 Å². The summed E-state index contributed by atoms with van der Waals surface area (Å²) in [5, 5.41) is 0. The Bertz CT molecular complexity index is 314. The fourth-order valence-corrected chi connectivity index (χ4v) is 3.13. The second-order valence-electron chi connectivity index (χ2n) is 4.57. The van der Waals surface area contributed by atoms with E-state index in [9.17, 15) is 8.42 Å². The van der Waals surface area contributed by atoms with E-state index in [4.69, 9.17) is 5.73 Å². The first-order chi connectivity index (χ1) is 7.41. The lowest BCUT2D eigenvalue weighted by molar-refractivity contribution is 0.322. The molecule has 0 bridgehead atoms. The van der Waals surface area contributed by atoms with Gasteiger partial charge in [0, 0.05) is 26.7 Å². The van der Waals surface area contributed by atoms with Crippen molar-refractivity contribution in [2.24, 2.45) is 11.7 Å². The van der Waals surface area contributed by atoms with Gasteiger partial charge in [0.15, 0.2) is 0 Å². The summed E-state index contributed by atoms with van der Waals surface area (Å²) in [5.74, 6) is 0.544. The summed E-state index contributed by atoms with van der Waals surface area (Å²) in [5.41, 5.74) is 5.38. The van der Waals surface area contributed by atoms with Gasteiger partial charge in [0.25, 0.3) is 10.2 Å². The second-order valence-corrected chi connectivity index (χ2v) is 6.66. The SMILES string of the molecule is CC(C1CC1)N(C)S(=O)(=O)N(C)CCCN. The maximum atomic E-state index is 12.1. The first kappa shape index (κ1) is 13.9. The van der Waals surface area contributed by atoms with Gasteiger partial charge in [-0.25, -0.2) is 0 Å². The summed E-state index contributed by atoms with van der Waals surface area (Å²) in [7, 11) is -0.0282. The van der Waals surface area contributed by atoms with E-state index in [1.165, 1.54) is 8.61 Å². The van der Waals surface area contributed by atoms with E-state index >= 15 is 0 Å². The van der Waals surface area contributed by atoms with E-state index in [0.717, 1.165) is 12.8 Å². The minimum Gasteiger partial charge on any atom is -0.330 e. The molecule has 0 heterocycles. The lowest BCUT2D eigenvalue weighted by Crippen LogP contribution is -2.45. The van der Waals surface area contributed by atoms with Crippen LogP contribution in [0.1, 0.15) is 26.2 Å². The standard InChI is InChI=1S/C10H23N3O2S/c1-9(10-5-6-10)13(3)16(14,15)12(2)8-4-7-11/h9-10H,4-8,11H2,1-3H3. The van der Waals surface area contributed by atoms with Crippen molar-refractivity contribution in [1.29, 1.82) is 0 Å². The molecular formula is C10H23N3O2S. The minimum absolute atomic E-state index is 0.102. The molecule has 0 saturated heterocycles. The van der Waals surface area contributed by atoms with Gasteiger partial charge >= 0.3 is 0 Å². The van der Waals surface area contributed by atoms with Crippen molar-refractivity contribution in [1.82, 2.24) is 8.61 Å². The summed E-state index contributed by atoms with van der Waals surface area (Å²) in [6.45, 7) is 2.98. The Morgan fingerprint density at radius 1 is 1.38 bits per heavy atom. The Kier molecular flexibility index (Phi) is 4.73. The Morgan fingerprint density at radius 3 is 2.38 bits per heavy atom.